The average molecular weight is 831 g/mol. The fourth-order valence-electron chi connectivity index (χ4n) is 10.00. The first-order valence-electron chi connectivity index (χ1n) is 21.1. The standard InChI is InChI=1S/C48H46N8O6/c1-25-26(2)34(36-24-50-44(52-36)40-22-32-20-38(32)56(40)46(58)42(54-48(61)62)30-11-7-4-8-12-30)18-17-33(25)27-13-15-28(16-14-27)35-23-49-43(51-35)39-21-31-19-37(31)55(39)45(57)41(53-47(59)60)29-9-5-3-6-10-29/h3-18,23-24,31-32,37-42,53-54H,19-22H2,1-2H3,(H,49,51)(H,50,52)(H,59,60)(H,61,62)/t31-,32-,37?,38?,39-,40-,41-,42-/m0/s1. The Kier molecular flexibility index (Phi) is 9.65. The van der Waals surface area contributed by atoms with Crippen LogP contribution >= 0.6 is 0 Å². The predicted molar refractivity (Wildman–Crippen MR) is 229 cm³/mol. The van der Waals surface area contributed by atoms with Crippen LogP contribution in [0.15, 0.2) is 109 Å². The molecule has 8 atom stereocenters. The molecule has 4 heterocycles. The number of fused-ring (bicyclic) bond motifs is 2. The van der Waals surface area contributed by atoms with Gasteiger partial charge in [-0.15, -0.1) is 0 Å². The lowest BCUT2D eigenvalue weighted by atomic mass is 9.92. The second-order valence-electron chi connectivity index (χ2n) is 17.1. The van der Waals surface area contributed by atoms with E-state index in [9.17, 15) is 29.4 Å². The number of piperidine rings is 2. The summed E-state index contributed by atoms with van der Waals surface area (Å²) in [7, 11) is 0. The van der Waals surface area contributed by atoms with Crippen LogP contribution in [0.3, 0.4) is 0 Å². The van der Waals surface area contributed by atoms with Gasteiger partial charge in [0.15, 0.2) is 0 Å². The summed E-state index contributed by atoms with van der Waals surface area (Å²) in [4.78, 5) is 71.8. The quantitative estimate of drug-likeness (QED) is 0.0753. The van der Waals surface area contributed by atoms with E-state index < -0.39 is 24.3 Å². The van der Waals surface area contributed by atoms with Gasteiger partial charge in [-0.1, -0.05) is 97.1 Å². The van der Waals surface area contributed by atoms with Gasteiger partial charge in [0.05, 0.1) is 35.9 Å². The highest BCUT2D eigenvalue weighted by atomic mass is 16.4. The van der Waals surface area contributed by atoms with Crippen LogP contribution < -0.4 is 10.6 Å². The molecule has 0 radical (unpaired) electrons. The van der Waals surface area contributed by atoms with Gasteiger partial charge in [0, 0.05) is 17.6 Å². The van der Waals surface area contributed by atoms with E-state index in [4.69, 9.17) is 9.97 Å². The summed E-state index contributed by atoms with van der Waals surface area (Å²) in [5, 5.41) is 24.1. The Morgan fingerprint density at radius 2 is 1.02 bits per heavy atom. The summed E-state index contributed by atoms with van der Waals surface area (Å²) in [5.41, 5.74) is 9.20. The third-order valence-corrected chi connectivity index (χ3v) is 13.4. The average Bonchev–Trinajstić information content (AvgIpc) is 3.86. The number of nitrogens with zero attached hydrogens (tertiary/aromatic N) is 4. The van der Waals surface area contributed by atoms with Crippen LogP contribution in [0.2, 0.25) is 0 Å². The second kappa shape index (κ2) is 15.4. The first-order chi connectivity index (χ1) is 30.0. The van der Waals surface area contributed by atoms with Gasteiger partial charge >= 0.3 is 12.2 Å². The van der Waals surface area contributed by atoms with Gasteiger partial charge in [0.1, 0.15) is 23.7 Å². The number of aromatic nitrogens is 4. The van der Waals surface area contributed by atoms with Gasteiger partial charge in [-0.05, 0) is 90.3 Å². The van der Waals surface area contributed by atoms with Crippen LogP contribution in [0.1, 0.15) is 83.8 Å². The van der Waals surface area contributed by atoms with Crippen molar-refractivity contribution in [2.45, 2.75) is 75.8 Å². The third kappa shape index (κ3) is 7.04. The van der Waals surface area contributed by atoms with Crippen LogP contribution in [0, 0.1) is 25.7 Å². The molecule has 2 saturated heterocycles. The van der Waals surface area contributed by atoms with Crippen molar-refractivity contribution in [2.75, 3.05) is 0 Å². The molecule has 2 unspecified atom stereocenters. The van der Waals surface area contributed by atoms with Gasteiger partial charge in [0.25, 0.3) is 11.8 Å². The van der Waals surface area contributed by atoms with Crippen molar-refractivity contribution in [1.82, 2.24) is 40.4 Å². The van der Waals surface area contributed by atoms with Crippen LogP contribution in [0.25, 0.3) is 33.6 Å². The number of carboxylic acid groups (broad SMARTS) is 2. The number of amides is 4. The fraction of sp³-hybridized carbons (Fsp3) is 0.292. The molecular weight excluding hydrogens is 785 g/mol. The van der Waals surface area contributed by atoms with Crippen molar-refractivity contribution in [2.24, 2.45) is 11.8 Å². The van der Waals surface area contributed by atoms with E-state index in [0.717, 1.165) is 70.5 Å². The van der Waals surface area contributed by atoms with Gasteiger partial charge in [-0.3, -0.25) is 9.59 Å². The van der Waals surface area contributed by atoms with Gasteiger partial charge in [-0.2, -0.15) is 0 Å². The fourth-order valence-corrected chi connectivity index (χ4v) is 10.00. The topological polar surface area (TPSA) is 197 Å². The molecule has 62 heavy (non-hydrogen) atoms. The summed E-state index contributed by atoms with van der Waals surface area (Å²) in [6.45, 7) is 4.21. The van der Waals surface area contributed by atoms with Gasteiger partial charge < -0.3 is 40.6 Å². The molecular formula is C48H46N8O6. The van der Waals surface area contributed by atoms with Crippen molar-refractivity contribution in [3.8, 4) is 33.6 Å². The van der Waals surface area contributed by atoms with Gasteiger partial charge in [0.2, 0.25) is 0 Å². The molecule has 0 spiro atoms. The molecule has 4 aliphatic rings. The van der Waals surface area contributed by atoms with Gasteiger partial charge in [-0.25, -0.2) is 19.6 Å². The Labute approximate surface area is 357 Å². The van der Waals surface area contributed by atoms with E-state index in [1.807, 2.05) is 28.1 Å². The van der Waals surface area contributed by atoms with E-state index in [1.54, 1.807) is 54.7 Å². The molecule has 6 N–H and O–H groups in total. The zero-order chi connectivity index (χ0) is 42.8. The van der Waals surface area contributed by atoms with Crippen molar-refractivity contribution >= 4 is 24.0 Å². The number of carbonyl (C=O) groups is 4. The summed E-state index contributed by atoms with van der Waals surface area (Å²) in [5.74, 6) is 1.57. The van der Waals surface area contributed by atoms with E-state index >= 15 is 0 Å². The zero-order valence-corrected chi connectivity index (χ0v) is 34.2. The summed E-state index contributed by atoms with van der Waals surface area (Å²) in [6, 6.07) is 28.0. The van der Waals surface area contributed by atoms with Crippen LogP contribution in [0.5, 0.6) is 0 Å². The number of hydrogen-bond donors (Lipinski definition) is 6. The lowest BCUT2D eigenvalue weighted by molar-refractivity contribution is -0.136. The first-order valence-corrected chi connectivity index (χ1v) is 21.1. The molecule has 4 fully saturated rings. The minimum Gasteiger partial charge on any atom is -0.465 e. The number of benzene rings is 4. The van der Waals surface area contributed by atoms with Crippen molar-refractivity contribution in [1.29, 1.82) is 0 Å². The molecule has 0 bridgehead atoms. The Bertz CT molecular complexity index is 2700. The monoisotopic (exact) mass is 830 g/mol. The van der Waals surface area contributed by atoms with E-state index in [-0.39, 0.29) is 36.0 Å². The molecule has 4 amide bonds. The highest BCUT2D eigenvalue weighted by Crippen LogP contribution is 2.55. The van der Waals surface area contributed by atoms with Crippen LogP contribution in [-0.4, -0.2) is 76.0 Å². The first kappa shape index (κ1) is 38.9. The maximum absolute atomic E-state index is 14.1. The molecule has 314 valence electrons. The number of hydrogen-bond acceptors (Lipinski definition) is 6. The van der Waals surface area contributed by atoms with Crippen molar-refractivity contribution < 1.29 is 29.4 Å². The highest BCUT2D eigenvalue weighted by molar-refractivity contribution is 5.89. The molecule has 2 aliphatic carbocycles. The Balaban J connectivity index is 0.849. The summed E-state index contributed by atoms with van der Waals surface area (Å²) >= 11 is 0. The number of nitrogens with one attached hydrogen (secondary N) is 4. The maximum atomic E-state index is 14.1. The number of imidazole rings is 2. The zero-order valence-electron chi connectivity index (χ0n) is 34.2. The number of likely N-dealkylation sites (tertiary alicyclic amines) is 2. The molecule has 2 saturated carbocycles. The second-order valence-corrected chi connectivity index (χ2v) is 17.1. The smallest absolute Gasteiger partial charge is 0.405 e. The SMILES string of the molecule is Cc1c(-c2ccc(-c3cnc([C@@H]4C[C@@H]5CC5N4C(=O)[C@@H](NC(=O)O)c4ccccc4)[nH]3)cc2)ccc(-c2cnc([C@@H]3C[C@@H]4CC4N3C(=O)[C@@H](NC(=O)O)c3ccccc3)[nH]2)c1C. The molecule has 6 aromatic rings. The number of rotatable bonds is 11. The van der Waals surface area contributed by atoms with Crippen LogP contribution in [0.4, 0.5) is 9.59 Å². The van der Waals surface area contributed by atoms with Crippen molar-refractivity contribution in [3.05, 3.63) is 143 Å². The van der Waals surface area contributed by atoms with E-state index in [0.29, 0.717) is 34.6 Å². The summed E-state index contributed by atoms with van der Waals surface area (Å²) in [6.07, 6.45) is 4.46. The normalized spacial score (nSPS) is 22.9. The molecule has 2 aliphatic heterocycles. The minimum absolute atomic E-state index is 0.0644. The highest BCUT2D eigenvalue weighted by Gasteiger charge is 2.57. The minimum atomic E-state index is -1.25. The Hall–Kier alpha value is -7.22. The lowest BCUT2D eigenvalue weighted by Gasteiger charge is -2.30. The Morgan fingerprint density at radius 1 is 0.581 bits per heavy atom. The molecule has 10 rings (SSSR count). The van der Waals surface area contributed by atoms with E-state index in [2.05, 4.69) is 70.8 Å². The Morgan fingerprint density at radius 3 is 1.52 bits per heavy atom. The number of aromatic amines is 2. The largest absolute Gasteiger partial charge is 0.465 e. The number of H-pyrrole nitrogens is 2. The number of carbonyl (C=O) groups excluding carboxylic acids is 2. The molecule has 14 nitrogen and oxygen atoms in total. The van der Waals surface area contributed by atoms with E-state index in [1.165, 1.54) is 0 Å². The third-order valence-electron chi connectivity index (χ3n) is 13.4. The predicted octanol–water partition coefficient (Wildman–Crippen LogP) is 8.09. The van der Waals surface area contributed by atoms with Crippen molar-refractivity contribution in [3.63, 3.8) is 0 Å². The van der Waals surface area contributed by atoms with Crippen LogP contribution in [-0.2, 0) is 9.59 Å². The molecule has 4 aromatic carbocycles. The molecule has 2 aromatic heterocycles. The maximum Gasteiger partial charge on any atom is 0.405 e. The lowest BCUT2D eigenvalue weighted by Crippen LogP contribution is -2.44. The molecule has 14 heteroatoms. The summed E-state index contributed by atoms with van der Waals surface area (Å²) < 4.78 is 0.